The summed E-state index contributed by atoms with van der Waals surface area (Å²) in [6.07, 6.45) is 1.76. The van der Waals surface area contributed by atoms with E-state index in [0.717, 1.165) is 36.4 Å². The zero-order chi connectivity index (χ0) is 20.1. The number of carboxylic acid groups (broad SMARTS) is 1. The van der Waals surface area contributed by atoms with Crippen LogP contribution < -0.4 is 9.64 Å². The maximum atomic E-state index is 10.7. The van der Waals surface area contributed by atoms with Crippen molar-refractivity contribution in [3.63, 3.8) is 0 Å². The Morgan fingerprint density at radius 1 is 0.931 bits per heavy atom. The Balaban J connectivity index is 1.36. The molecule has 4 rings (SSSR count). The highest BCUT2D eigenvalue weighted by molar-refractivity contribution is 5.67. The SMILES string of the molecule is O=C(O)CCc1ccc(OCc2cccc(N3CCc4ccccc4C3)c2)cc1. The van der Waals surface area contributed by atoms with Crippen molar-refractivity contribution in [2.24, 2.45) is 0 Å². The molecule has 0 amide bonds. The van der Waals surface area contributed by atoms with Crippen LogP contribution in [0, 0.1) is 0 Å². The molecule has 0 bridgehead atoms. The lowest BCUT2D eigenvalue weighted by Gasteiger charge is -2.31. The van der Waals surface area contributed by atoms with Crippen LogP contribution in [-0.4, -0.2) is 17.6 Å². The molecule has 1 aliphatic rings. The van der Waals surface area contributed by atoms with Gasteiger partial charge >= 0.3 is 5.97 Å². The number of aryl methyl sites for hydroxylation is 1. The summed E-state index contributed by atoms with van der Waals surface area (Å²) in [6, 6.07) is 24.9. The maximum Gasteiger partial charge on any atom is 0.303 e. The Bertz CT molecular complexity index is 981. The zero-order valence-electron chi connectivity index (χ0n) is 16.4. The number of nitrogens with zero attached hydrogens (tertiary/aromatic N) is 1. The molecule has 29 heavy (non-hydrogen) atoms. The van der Waals surface area contributed by atoms with Crippen LogP contribution in [-0.2, 0) is 30.8 Å². The van der Waals surface area contributed by atoms with Crippen LogP contribution in [0.25, 0.3) is 0 Å². The fraction of sp³-hybridized carbons (Fsp3) is 0.240. The Kier molecular flexibility index (Phi) is 5.80. The fourth-order valence-corrected chi connectivity index (χ4v) is 3.73. The standard InChI is InChI=1S/C25H25NO3/c27-25(28)13-10-19-8-11-24(12-9-19)29-18-20-4-3-7-23(16-20)26-15-14-21-5-1-2-6-22(21)17-26/h1-9,11-12,16H,10,13-15,17-18H2,(H,27,28). The highest BCUT2D eigenvalue weighted by Crippen LogP contribution is 2.25. The monoisotopic (exact) mass is 387 g/mol. The van der Waals surface area contributed by atoms with Crippen LogP contribution in [0.15, 0.2) is 72.8 Å². The summed E-state index contributed by atoms with van der Waals surface area (Å²) in [4.78, 5) is 13.1. The van der Waals surface area contributed by atoms with E-state index in [0.29, 0.717) is 13.0 Å². The summed E-state index contributed by atoms with van der Waals surface area (Å²) in [5.74, 6) is 0.0174. The molecule has 0 spiro atoms. The van der Waals surface area contributed by atoms with E-state index in [1.807, 2.05) is 24.3 Å². The molecule has 0 unspecified atom stereocenters. The van der Waals surface area contributed by atoms with E-state index in [-0.39, 0.29) is 6.42 Å². The second kappa shape index (κ2) is 8.82. The smallest absolute Gasteiger partial charge is 0.303 e. The summed E-state index contributed by atoms with van der Waals surface area (Å²) < 4.78 is 5.94. The number of fused-ring (bicyclic) bond motifs is 1. The van der Waals surface area contributed by atoms with E-state index >= 15 is 0 Å². The molecule has 1 N–H and O–H groups in total. The molecule has 0 saturated heterocycles. The van der Waals surface area contributed by atoms with Crippen LogP contribution in [0.1, 0.15) is 28.7 Å². The second-order valence-electron chi connectivity index (χ2n) is 7.44. The molecule has 4 nitrogen and oxygen atoms in total. The van der Waals surface area contributed by atoms with Crippen molar-refractivity contribution in [3.8, 4) is 5.75 Å². The van der Waals surface area contributed by atoms with Crippen molar-refractivity contribution in [2.75, 3.05) is 11.4 Å². The number of hydrogen-bond acceptors (Lipinski definition) is 3. The highest BCUT2D eigenvalue weighted by Gasteiger charge is 2.16. The van der Waals surface area contributed by atoms with Gasteiger partial charge in [-0.2, -0.15) is 0 Å². The van der Waals surface area contributed by atoms with Gasteiger partial charge in [-0.3, -0.25) is 4.79 Å². The first-order chi connectivity index (χ1) is 14.2. The minimum atomic E-state index is -0.776. The molecule has 0 aromatic heterocycles. The Morgan fingerprint density at radius 3 is 2.52 bits per heavy atom. The molecule has 3 aromatic carbocycles. The summed E-state index contributed by atoms with van der Waals surface area (Å²) in [7, 11) is 0. The number of anilines is 1. The Morgan fingerprint density at radius 2 is 1.72 bits per heavy atom. The zero-order valence-corrected chi connectivity index (χ0v) is 16.4. The van der Waals surface area contributed by atoms with Crippen LogP contribution in [0.4, 0.5) is 5.69 Å². The van der Waals surface area contributed by atoms with Gasteiger partial charge in [-0.1, -0.05) is 48.5 Å². The lowest BCUT2D eigenvalue weighted by Crippen LogP contribution is -2.30. The van der Waals surface area contributed by atoms with Gasteiger partial charge in [-0.15, -0.1) is 0 Å². The van der Waals surface area contributed by atoms with Gasteiger partial charge in [-0.25, -0.2) is 0 Å². The molecular formula is C25H25NO3. The molecule has 1 heterocycles. The summed E-state index contributed by atoms with van der Waals surface area (Å²) in [6.45, 7) is 2.48. The molecule has 0 saturated carbocycles. The van der Waals surface area contributed by atoms with E-state index in [2.05, 4.69) is 53.4 Å². The van der Waals surface area contributed by atoms with Crippen molar-refractivity contribution in [3.05, 3.63) is 95.1 Å². The number of carbonyl (C=O) groups is 1. The van der Waals surface area contributed by atoms with Crippen LogP contribution in [0.5, 0.6) is 5.75 Å². The van der Waals surface area contributed by atoms with E-state index in [9.17, 15) is 4.79 Å². The van der Waals surface area contributed by atoms with Gasteiger partial charge in [0.25, 0.3) is 0 Å². The van der Waals surface area contributed by atoms with Crippen molar-refractivity contribution >= 4 is 11.7 Å². The largest absolute Gasteiger partial charge is 0.489 e. The van der Waals surface area contributed by atoms with Gasteiger partial charge in [0.2, 0.25) is 0 Å². The Hall–Kier alpha value is -3.27. The average molecular weight is 387 g/mol. The third kappa shape index (κ3) is 4.96. The first kappa shape index (κ1) is 19.1. The van der Waals surface area contributed by atoms with E-state index in [1.54, 1.807) is 0 Å². The van der Waals surface area contributed by atoms with E-state index in [4.69, 9.17) is 9.84 Å². The van der Waals surface area contributed by atoms with Crippen LogP contribution >= 0.6 is 0 Å². The molecular weight excluding hydrogens is 362 g/mol. The van der Waals surface area contributed by atoms with E-state index < -0.39 is 5.97 Å². The van der Waals surface area contributed by atoms with Gasteiger partial charge in [0.15, 0.2) is 0 Å². The first-order valence-corrected chi connectivity index (χ1v) is 10.0. The normalized spacial score (nSPS) is 13.0. The molecule has 0 radical (unpaired) electrons. The minimum Gasteiger partial charge on any atom is -0.489 e. The van der Waals surface area contributed by atoms with Gasteiger partial charge < -0.3 is 14.7 Å². The fourth-order valence-electron chi connectivity index (χ4n) is 3.73. The second-order valence-corrected chi connectivity index (χ2v) is 7.44. The van der Waals surface area contributed by atoms with Crippen molar-refractivity contribution in [1.82, 2.24) is 0 Å². The first-order valence-electron chi connectivity index (χ1n) is 10.0. The van der Waals surface area contributed by atoms with Crippen LogP contribution in [0.3, 0.4) is 0 Å². The van der Waals surface area contributed by atoms with Gasteiger partial charge in [-0.05, 0) is 59.4 Å². The molecule has 4 heteroatoms. The van der Waals surface area contributed by atoms with Crippen LogP contribution in [0.2, 0.25) is 0 Å². The minimum absolute atomic E-state index is 0.147. The Labute approximate surface area is 171 Å². The average Bonchev–Trinajstić information content (AvgIpc) is 2.77. The quantitative estimate of drug-likeness (QED) is 0.630. The summed E-state index contributed by atoms with van der Waals surface area (Å²) in [5, 5.41) is 8.78. The molecule has 0 atom stereocenters. The third-order valence-electron chi connectivity index (χ3n) is 5.36. The predicted molar refractivity (Wildman–Crippen MR) is 114 cm³/mol. The van der Waals surface area contributed by atoms with Gasteiger partial charge in [0.05, 0.1) is 0 Å². The van der Waals surface area contributed by atoms with Crippen molar-refractivity contribution < 1.29 is 14.6 Å². The number of carboxylic acids is 1. The van der Waals surface area contributed by atoms with Gasteiger partial charge in [0.1, 0.15) is 12.4 Å². The number of rotatable bonds is 7. The molecule has 1 aliphatic heterocycles. The molecule has 148 valence electrons. The van der Waals surface area contributed by atoms with Crippen molar-refractivity contribution in [1.29, 1.82) is 0 Å². The molecule has 3 aromatic rings. The lowest BCUT2D eigenvalue weighted by atomic mass is 9.99. The lowest BCUT2D eigenvalue weighted by molar-refractivity contribution is -0.136. The highest BCUT2D eigenvalue weighted by atomic mass is 16.5. The number of hydrogen-bond donors (Lipinski definition) is 1. The molecule has 0 fully saturated rings. The predicted octanol–water partition coefficient (Wildman–Crippen LogP) is 4.85. The third-order valence-corrected chi connectivity index (χ3v) is 5.36. The van der Waals surface area contributed by atoms with Crippen molar-refractivity contribution in [2.45, 2.75) is 32.4 Å². The summed E-state index contributed by atoms with van der Waals surface area (Å²) in [5.41, 5.74) is 6.23. The van der Waals surface area contributed by atoms with E-state index in [1.165, 1.54) is 16.8 Å². The number of benzene rings is 3. The number of aliphatic carboxylic acids is 1. The molecule has 0 aliphatic carbocycles. The number of ether oxygens (including phenoxy) is 1. The van der Waals surface area contributed by atoms with Gasteiger partial charge in [0, 0.05) is 25.2 Å². The maximum absolute atomic E-state index is 10.7. The summed E-state index contributed by atoms with van der Waals surface area (Å²) >= 11 is 0. The topological polar surface area (TPSA) is 49.8 Å².